The first kappa shape index (κ1) is 10.1. The summed E-state index contributed by atoms with van der Waals surface area (Å²) >= 11 is 0. The summed E-state index contributed by atoms with van der Waals surface area (Å²) in [6.45, 7) is 5.48. The van der Waals surface area contributed by atoms with Crippen molar-refractivity contribution >= 4 is 0 Å². The number of hydrogen-bond donors (Lipinski definition) is 1. The van der Waals surface area contributed by atoms with Gasteiger partial charge in [0.15, 0.2) is 0 Å². The van der Waals surface area contributed by atoms with E-state index in [0.717, 1.165) is 25.0 Å². The molecule has 2 N–H and O–H groups in total. The molecule has 0 spiro atoms. The SMILES string of the molecule is NC1COCC1CN1CC2CCCC2C1. The fraction of sp³-hybridized carbons (Fsp3) is 1.00. The van der Waals surface area contributed by atoms with E-state index < -0.39 is 0 Å². The highest BCUT2D eigenvalue weighted by Gasteiger charge is 2.37. The molecule has 4 unspecified atom stereocenters. The van der Waals surface area contributed by atoms with Gasteiger partial charge in [0.2, 0.25) is 0 Å². The van der Waals surface area contributed by atoms with Crippen LogP contribution >= 0.6 is 0 Å². The molecule has 0 amide bonds. The van der Waals surface area contributed by atoms with Crippen molar-refractivity contribution < 1.29 is 4.74 Å². The molecule has 0 aromatic rings. The van der Waals surface area contributed by atoms with Crippen LogP contribution in [0.3, 0.4) is 0 Å². The molecule has 3 rings (SSSR count). The monoisotopic (exact) mass is 210 g/mol. The molecule has 4 atom stereocenters. The lowest BCUT2D eigenvalue weighted by Crippen LogP contribution is -2.37. The number of nitrogens with zero attached hydrogens (tertiary/aromatic N) is 1. The molecule has 3 heteroatoms. The number of ether oxygens (including phenoxy) is 1. The summed E-state index contributed by atoms with van der Waals surface area (Å²) in [4.78, 5) is 2.63. The van der Waals surface area contributed by atoms with Gasteiger partial charge in [-0.05, 0) is 24.7 Å². The van der Waals surface area contributed by atoms with Crippen molar-refractivity contribution in [3.8, 4) is 0 Å². The first-order chi connectivity index (χ1) is 7.33. The van der Waals surface area contributed by atoms with Gasteiger partial charge in [0.25, 0.3) is 0 Å². The Morgan fingerprint density at radius 3 is 2.47 bits per heavy atom. The molecule has 2 aliphatic heterocycles. The summed E-state index contributed by atoms with van der Waals surface area (Å²) in [7, 11) is 0. The van der Waals surface area contributed by atoms with Gasteiger partial charge >= 0.3 is 0 Å². The van der Waals surface area contributed by atoms with Crippen LogP contribution in [0.4, 0.5) is 0 Å². The molecule has 1 saturated carbocycles. The van der Waals surface area contributed by atoms with Crippen LogP contribution < -0.4 is 5.73 Å². The highest BCUT2D eigenvalue weighted by atomic mass is 16.5. The molecular weight excluding hydrogens is 188 g/mol. The molecule has 1 aliphatic carbocycles. The second-order valence-electron chi connectivity index (χ2n) is 5.63. The molecule has 3 nitrogen and oxygen atoms in total. The van der Waals surface area contributed by atoms with Crippen molar-refractivity contribution in [1.29, 1.82) is 0 Å². The summed E-state index contributed by atoms with van der Waals surface area (Å²) in [5.41, 5.74) is 6.02. The number of likely N-dealkylation sites (tertiary alicyclic amines) is 1. The first-order valence-electron chi connectivity index (χ1n) is 6.38. The van der Waals surface area contributed by atoms with Crippen LogP contribution in [-0.2, 0) is 4.74 Å². The number of rotatable bonds is 2. The van der Waals surface area contributed by atoms with E-state index in [0.29, 0.717) is 5.92 Å². The van der Waals surface area contributed by atoms with Crippen LogP contribution in [0, 0.1) is 17.8 Å². The summed E-state index contributed by atoms with van der Waals surface area (Å²) < 4.78 is 5.42. The zero-order valence-corrected chi connectivity index (χ0v) is 9.40. The molecule has 0 aromatic heterocycles. The van der Waals surface area contributed by atoms with Gasteiger partial charge in [-0.3, -0.25) is 0 Å². The average Bonchev–Trinajstić information content (AvgIpc) is 2.83. The minimum Gasteiger partial charge on any atom is -0.379 e. The van der Waals surface area contributed by atoms with Crippen LogP contribution in [0.2, 0.25) is 0 Å². The van der Waals surface area contributed by atoms with E-state index in [1.165, 1.54) is 38.9 Å². The van der Waals surface area contributed by atoms with E-state index in [1.807, 2.05) is 0 Å². The molecule has 15 heavy (non-hydrogen) atoms. The minimum atomic E-state index is 0.283. The molecular formula is C12H22N2O. The number of hydrogen-bond acceptors (Lipinski definition) is 3. The van der Waals surface area contributed by atoms with Gasteiger partial charge in [0.05, 0.1) is 13.2 Å². The zero-order valence-electron chi connectivity index (χ0n) is 9.40. The lowest BCUT2D eigenvalue weighted by Gasteiger charge is -2.22. The summed E-state index contributed by atoms with van der Waals surface area (Å²) in [6.07, 6.45) is 4.40. The van der Waals surface area contributed by atoms with Crippen molar-refractivity contribution in [3.05, 3.63) is 0 Å². The Balaban J connectivity index is 1.52. The Labute approximate surface area is 91.9 Å². The molecule has 3 fully saturated rings. The van der Waals surface area contributed by atoms with Gasteiger partial charge in [-0.1, -0.05) is 6.42 Å². The van der Waals surface area contributed by atoms with E-state index >= 15 is 0 Å². The van der Waals surface area contributed by atoms with E-state index in [2.05, 4.69) is 4.90 Å². The Kier molecular flexibility index (Phi) is 2.71. The van der Waals surface area contributed by atoms with Gasteiger partial charge in [0, 0.05) is 31.6 Å². The van der Waals surface area contributed by atoms with Crippen LogP contribution in [-0.4, -0.2) is 43.8 Å². The van der Waals surface area contributed by atoms with Gasteiger partial charge in [-0.15, -0.1) is 0 Å². The normalized spacial score (nSPS) is 46.2. The van der Waals surface area contributed by atoms with Crippen molar-refractivity contribution in [2.75, 3.05) is 32.8 Å². The van der Waals surface area contributed by atoms with E-state index in [9.17, 15) is 0 Å². The lowest BCUT2D eigenvalue weighted by molar-refractivity contribution is 0.171. The molecule has 2 saturated heterocycles. The third-order valence-electron chi connectivity index (χ3n) is 4.54. The molecule has 0 aromatic carbocycles. The van der Waals surface area contributed by atoms with Crippen LogP contribution in [0.5, 0.6) is 0 Å². The van der Waals surface area contributed by atoms with Crippen molar-refractivity contribution in [3.63, 3.8) is 0 Å². The number of fused-ring (bicyclic) bond motifs is 1. The smallest absolute Gasteiger partial charge is 0.0621 e. The third-order valence-corrected chi connectivity index (χ3v) is 4.54. The van der Waals surface area contributed by atoms with Gasteiger partial charge in [0.1, 0.15) is 0 Å². The Morgan fingerprint density at radius 2 is 1.87 bits per heavy atom. The quantitative estimate of drug-likeness (QED) is 0.729. The van der Waals surface area contributed by atoms with Gasteiger partial charge in [-0.2, -0.15) is 0 Å². The minimum absolute atomic E-state index is 0.283. The average molecular weight is 210 g/mol. The maximum atomic E-state index is 6.02. The van der Waals surface area contributed by atoms with E-state index in [4.69, 9.17) is 10.5 Å². The van der Waals surface area contributed by atoms with Crippen LogP contribution in [0.1, 0.15) is 19.3 Å². The topological polar surface area (TPSA) is 38.5 Å². The second-order valence-corrected chi connectivity index (χ2v) is 5.63. The van der Waals surface area contributed by atoms with Crippen LogP contribution in [0.15, 0.2) is 0 Å². The van der Waals surface area contributed by atoms with E-state index in [-0.39, 0.29) is 6.04 Å². The van der Waals surface area contributed by atoms with Crippen molar-refractivity contribution in [2.24, 2.45) is 23.5 Å². The van der Waals surface area contributed by atoms with Crippen molar-refractivity contribution in [2.45, 2.75) is 25.3 Å². The second kappa shape index (κ2) is 4.04. The number of nitrogens with two attached hydrogens (primary N) is 1. The fourth-order valence-electron chi connectivity index (χ4n) is 3.62. The standard InChI is InChI=1S/C12H22N2O/c13-12-8-15-7-11(12)6-14-4-9-2-1-3-10(9)5-14/h9-12H,1-8,13H2. The maximum Gasteiger partial charge on any atom is 0.0621 e. The van der Waals surface area contributed by atoms with E-state index in [1.54, 1.807) is 0 Å². The molecule has 0 radical (unpaired) electrons. The summed E-state index contributed by atoms with van der Waals surface area (Å²) in [5.74, 6) is 2.59. The van der Waals surface area contributed by atoms with Crippen molar-refractivity contribution in [1.82, 2.24) is 4.90 Å². The third kappa shape index (κ3) is 1.93. The summed E-state index contributed by atoms with van der Waals surface area (Å²) in [5, 5.41) is 0. The summed E-state index contributed by atoms with van der Waals surface area (Å²) in [6, 6.07) is 0.283. The Morgan fingerprint density at radius 1 is 1.13 bits per heavy atom. The predicted octanol–water partition coefficient (Wildman–Crippen LogP) is 0.692. The Bertz CT molecular complexity index is 222. The zero-order chi connectivity index (χ0) is 10.3. The predicted molar refractivity (Wildman–Crippen MR) is 59.6 cm³/mol. The van der Waals surface area contributed by atoms with Gasteiger partial charge < -0.3 is 15.4 Å². The van der Waals surface area contributed by atoms with Gasteiger partial charge in [-0.25, -0.2) is 0 Å². The maximum absolute atomic E-state index is 6.02. The molecule has 3 aliphatic rings. The molecule has 2 heterocycles. The molecule has 0 bridgehead atoms. The first-order valence-corrected chi connectivity index (χ1v) is 6.38. The fourth-order valence-corrected chi connectivity index (χ4v) is 3.62. The van der Waals surface area contributed by atoms with Crippen LogP contribution in [0.25, 0.3) is 0 Å². The lowest BCUT2D eigenvalue weighted by atomic mass is 10.0. The molecule has 86 valence electrons. The Hall–Kier alpha value is -0.120. The highest BCUT2D eigenvalue weighted by molar-refractivity contribution is 4.90. The highest BCUT2D eigenvalue weighted by Crippen LogP contribution is 2.38. The largest absolute Gasteiger partial charge is 0.379 e.